The van der Waals surface area contributed by atoms with Crippen molar-refractivity contribution in [2.45, 2.75) is 64.8 Å². The summed E-state index contributed by atoms with van der Waals surface area (Å²) < 4.78 is 3.61. The third-order valence-electron chi connectivity index (χ3n) is 8.36. The maximum Gasteiger partial charge on any atom is 0.246 e. The molecule has 4 heterocycles. The maximum atomic E-state index is 14.2. The van der Waals surface area contributed by atoms with Gasteiger partial charge in [-0.1, -0.05) is 47.7 Å². The average molecular weight is 610 g/mol. The van der Waals surface area contributed by atoms with Crippen molar-refractivity contribution in [2.24, 2.45) is 0 Å². The molecule has 0 unspecified atom stereocenters. The lowest BCUT2D eigenvalue weighted by atomic mass is 10.0. The highest BCUT2D eigenvalue weighted by Gasteiger charge is 2.38. The molecule has 2 bridgehead atoms. The van der Waals surface area contributed by atoms with Gasteiger partial charge in [-0.15, -0.1) is 5.10 Å². The Morgan fingerprint density at radius 3 is 2.56 bits per heavy atom. The number of carbonyl (C=O) groups excluding carboxylic acids is 3. The molecule has 234 valence electrons. The van der Waals surface area contributed by atoms with Crippen LogP contribution in [0, 0.1) is 13.8 Å². The van der Waals surface area contributed by atoms with Gasteiger partial charge in [0.15, 0.2) is 0 Å². The second-order valence-corrected chi connectivity index (χ2v) is 11.9. The fraction of sp³-hybridized carbons (Fsp3) is 0.394. The minimum atomic E-state index is -0.790. The minimum Gasteiger partial charge on any atom is -0.348 e. The number of nitrogens with one attached hydrogen (secondary N) is 2. The summed E-state index contributed by atoms with van der Waals surface area (Å²) in [5.41, 5.74) is 5.64. The Kier molecular flexibility index (Phi) is 9.01. The standard InChI is InChI=1S/C33H39N9O3/c1-23-16-24(2)42(37-23)28-11-6-10-26(17-28)20-39-14-15-41-30(22-39)32(44)34-19-27-21-40(38-36-27)13-7-12-31(43)35-29(33(41)45)18-25-8-4-3-5-9-25/h3-6,8-11,16-17,21,29-30H,7,12-15,18-20,22H2,1-2H3,(H,34,44)(H,35,43)/t29-,30+/m0/s1. The molecule has 2 N–H and O–H groups in total. The first-order chi connectivity index (χ1) is 21.8. The second kappa shape index (κ2) is 13.4. The van der Waals surface area contributed by atoms with Gasteiger partial charge in [0.1, 0.15) is 17.8 Å². The summed E-state index contributed by atoms with van der Waals surface area (Å²) in [6, 6.07) is 18.4. The molecule has 45 heavy (non-hydrogen) atoms. The van der Waals surface area contributed by atoms with Gasteiger partial charge in [-0.05, 0) is 49.6 Å². The molecule has 2 aliphatic heterocycles. The van der Waals surface area contributed by atoms with Crippen LogP contribution in [0.25, 0.3) is 5.69 Å². The summed E-state index contributed by atoms with van der Waals surface area (Å²) in [7, 11) is 0. The van der Waals surface area contributed by atoms with Gasteiger partial charge in [0, 0.05) is 51.3 Å². The predicted octanol–water partition coefficient (Wildman–Crippen LogP) is 1.93. The summed E-state index contributed by atoms with van der Waals surface area (Å²) in [6.07, 6.45) is 2.92. The Hall–Kier alpha value is -4.84. The molecule has 1 saturated heterocycles. The third kappa shape index (κ3) is 7.28. The van der Waals surface area contributed by atoms with Crippen LogP contribution in [0.5, 0.6) is 0 Å². The van der Waals surface area contributed by atoms with E-state index in [1.165, 1.54) is 0 Å². The van der Waals surface area contributed by atoms with Crippen molar-refractivity contribution in [2.75, 3.05) is 19.6 Å². The summed E-state index contributed by atoms with van der Waals surface area (Å²) in [6.45, 7) is 6.61. The zero-order chi connectivity index (χ0) is 31.3. The number of hydrogen-bond donors (Lipinski definition) is 2. The number of hydrogen-bond acceptors (Lipinski definition) is 7. The van der Waals surface area contributed by atoms with Crippen molar-refractivity contribution >= 4 is 17.7 Å². The molecule has 2 aliphatic rings. The number of rotatable bonds is 5. The third-order valence-corrected chi connectivity index (χ3v) is 8.36. The molecule has 2 atom stereocenters. The second-order valence-electron chi connectivity index (χ2n) is 11.9. The van der Waals surface area contributed by atoms with E-state index in [0.29, 0.717) is 51.3 Å². The molecule has 0 aliphatic carbocycles. The summed E-state index contributed by atoms with van der Waals surface area (Å²) in [5, 5.41) is 18.9. The van der Waals surface area contributed by atoms with Crippen molar-refractivity contribution in [3.05, 3.63) is 95.1 Å². The van der Waals surface area contributed by atoms with Crippen LogP contribution in [0.3, 0.4) is 0 Å². The van der Waals surface area contributed by atoms with Crippen LogP contribution in [-0.4, -0.2) is 84.0 Å². The molecular weight excluding hydrogens is 570 g/mol. The smallest absolute Gasteiger partial charge is 0.246 e. The molecule has 2 aromatic heterocycles. The molecule has 1 fully saturated rings. The van der Waals surface area contributed by atoms with Crippen molar-refractivity contribution in [1.82, 2.24) is 45.2 Å². The Morgan fingerprint density at radius 1 is 0.933 bits per heavy atom. The molecule has 0 spiro atoms. The van der Waals surface area contributed by atoms with Gasteiger partial charge < -0.3 is 15.5 Å². The van der Waals surface area contributed by atoms with E-state index >= 15 is 0 Å². The van der Waals surface area contributed by atoms with Crippen molar-refractivity contribution < 1.29 is 14.4 Å². The summed E-state index contributed by atoms with van der Waals surface area (Å²) >= 11 is 0. The fourth-order valence-electron chi connectivity index (χ4n) is 6.15. The highest BCUT2D eigenvalue weighted by Crippen LogP contribution is 2.20. The van der Waals surface area contributed by atoms with E-state index < -0.39 is 12.1 Å². The first kappa shape index (κ1) is 30.2. The van der Waals surface area contributed by atoms with Crippen molar-refractivity contribution in [1.29, 1.82) is 0 Å². The lowest BCUT2D eigenvalue weighted by Crippen LogP contribution is -2.63. The summed E-state index contributed by atoms with van der Waals surface area (Å²) in [4.78, 5) is 44.8. The number of nitrogens with zero attached hydrogens (tertiary/aromatic N) is 7. The van der Waals surface area contributed by atoms with Crippen LogP contribution < -0.4 is 10.6 Å². The molecule has 2 aromatic carbocycles. The van der Waals surface area contributed by atoms with Crippen LogP contribution in [0.4, 0.5) is 0 Å². The first-order valence-electron chi connectivity index (χ1n) is 15.5. The molecule has 4 aromatic rings. The zero-order valence-corrected chi connectivity index (χ0v) is 25.7. The van der Waals surface area contributed by atoms with Gasteiger partial charge in [0.05, 0.1) is 24.1 Å². The average Bonchev–Trinajstić information content (AvgIpc) is 3.64. The number of fused-ring (bicyclic) bond motifs is 3. The van der Waals surface area contributed by atoms with Gasteiger partial charge >= 0.3 is 0 Å². The van der Waals surface area contributed by atoms with Crippen LogP contribution in [0.2, 0.25) is 0 Å². The Bertz CT molecular complexity index is 1660. The monoisotopic (exact) mass is 609 g/mol. The van der Waals surface area contributed by atoms with Gasteiger partial charge in [0.25, 0.3) is 0 Å². The normalized spacial score (nSPS) is 20.1. The first-order valence-corrected chi connectivity index (χ1v) is 15.5. The molecule has 12 heteroatoms. The number of aryl methyl sites for hydroxylation is 3. The predicted molar refractivity (Wildman–Crippen MR) is 167 cm³/mol. The Labute approximate surface area is 262 Å². The van der Waals surface area contributed by atoms with E-state index in [0.717, 1.165) is 28.2 Å². The number of benzene rings is 2. The minimum absolute atomic E-state index is 0.201. The number of amides is 3. The van der Waals surface area contributed by atoms with Gasteiger partial charge in [0.2, 0.25) is 17.7 Å². The number of piperazine rings is 1. The lowest BCUT2D eigenvalue weighted by Gasteiger charge is -2.42. The zero-order valence-electron chi connectivity index (χ0n) is 25.7. The van der Waals surface area contributed by atoms with E-state index in [4.69, 9.17) is 0 Å². The highest BCUT2D eigenvalue weighted by molar-refractivity contribution is 5.92. The Balaban J connectivity index is 1.25. The van der Waals surface area contributed by atoms with E-state index in [1.807, 2.05) is 67.1 Å². The number of aromatic nitrogens is 5. The van der Waals surface area contributed by atoms with Gasteiger partial charge in [-0.25, -0.2) is 4.68 Å². The quantitative estimate of drug-likeness (QED) is 0.354. The molecule has 12 nitrogen and oxygen atoms in total. The fourth-order valence-corrected chi connectivity index (χ4v) is 6.15. The maximum absolute atomic E-state index is 14.2. The van der Waals surface area contributed by atoms with Gasteiger partial charge in [-0.3, -0.25) is 24.0 Å². The highest BCUT2D eigenvalue weighted by atomic mass is 16.2. The van der Waals surface area contributed by atoms with E-state index in [1.54, 1.807) is 15.8 Å². The van der Waals surface area contributed by atoms with Crippen LogP contribution in [0.15, 0.2) is 66.9 Å². The van der Waals surface area contributed by atoms with E-state index in [2.05, 4.69) is 43.1 Å². The van der Waals surface area contributed by atoms with Crippen LogP contribution >= 0.6 is 0 Å². The van der Waals surface area contributed by atoms with Crippen molar-refractivity contribution in [3.8, 4) is 5.69 Å². The molecule has 3 amide bonds. The van der Waals surface area contributed by atoms with Crippen molar-refractivity contribution in [3.63, 3.8) is 0 Å². The lowest BCUT2D eigenvalue weighted by molar-refractivity contribution is -0.146. The van der Waals surface area contributed by atoms with Gasteiger partial charge in [-0.2, -0.15) is 5.10 Å². The van der Waals surface area contributed by atoms with Crippen LogP contribution in [0.1, 0.15) is 41.1 Å². The SMILES string of the molecule is Cc1cc(C)n(-c2cccc(CN3CCN4C(=O)[C@H](Cc5ccccc5)NC(=O)CCCn5cc(nn5)CNC(=O)[C@H]4C3)c2)n1. The largest absolute Gasteiger partial charge is 0.348 e. The molecular formula is C33H39N9O3. The number of carbonyl (C=O) groups is 3. The van der Waals surface area contributed by atoms with E-state index in [9.17, 15) is 14.4 Å². The molecule has 6 rings (SSSR count). The van der Waals surface area contributed by atoms with Crippen LogP contribution in [-0.2, 0) is 40.4 Å². The Morgan fingerprint density at radius 2 is 1.76 bits per heavy atom. The van der Waals surface area contributed by atoms with E-state index in [-0.39, 0.29) is 30.7 Å². The topological polar surface area (TPSA) is 130 Å². The summed E-state index contributed by atoms with van der Waals surface area (Å²) in [5.74, 6) is -0.724. The molecule has 0 saturated carbocycles. The molecule has 0 radical (unpaired) electrons.